The molecule has 0 amide bonds. The Morgan fingerprint density at radius 3 is 2.31 bits per heavy atom. The number of carbonyl (C=O) groups excluding carboxylic acids is 1. The number of nitrogens with zero attached hydrogens (tertiary/aromatic N) is 3. The van der Waals surface area contributed by atoms with Gasteiger partial charge in [-0.05, 0) is 61.6 Å². The molecule has 0 N–H and O–H groups in total. The highest BCUT2D eigenvalue weighted by molar-refractivity contribution is 5.86. The van der Waals surface area contributed by atoms with Gasteiger partial charge in [0.25, 0.3) is 5.69 Å². The van der Waals surface area contributed by atoms with Gasteiger partial charge in [-0.25, -0.2) is 4.79 Å². The first-order chi connectivity index (χ1) is 17.3. The number of nitro benzene ring substituents is 1. The van der Waals surface area contributed by atoms with Gasteiger partial charge in [-0.15, -0.1) is 0 Å². The van der Waals surface area contributed by atoms with Crippen LogP contribution in [0.3, 0.4) is 0 Å². The first-order valence-corrected chi connectivity index (χ1v) is 12.4. The van der Waals surface area contributed by atoms with Crippen LogP contribution in [0.25, 0.3) is 12.2 Å². The van der Waals surface area contributed by atoms with Crippen molar-refractivity contribution in [3.63, 3.8) is 0 Å². The van der Waals surface area contributed by atoms with E-state index < -0.39 is 4.92 Å². The number of rotatable bonds is 15. The maximum Gasteiger partial charge on any atom is 0.333 e. The van der Waals surface area contributed by atoms with Crippen LogP contribution in [-0.2, 0) is 9.53 Å². The molecule has 190 valence electrons. The molecule has 0 bridgehead atoms. The van der Waals surface area contributed by atoms with Crippen LogP contribution in [0.4, 0.5) is 11.4 Å². The molecule has 0 heterocycles. The van der Waals surface area contributed by atoms with Gasteiger partial charge in [0.15, 0.2) is 0 Å². The molecule has 7 nitrogen and oxygen atoms in total. The van der Waals surface area contributed by atoms with E-state index in [-0.39, 0.29) is 17.2 Å². The molecule has 7 heteroatoms. The lowest BCUT2D eigenvalue weighted by Gasteiger charge is -2.25. The minimum absolute atomic E-state index is 0.0469. The van der Waals surface area contributed by atoms with E-state index >= 15 is 0 Å². The third-order valence-electron chi connectivity index (χ3n) is 5.75. The summed E-state index contributed by atoms with van der Waals surface area (Å²) in [6.07, 6.45) is 10.2. The van der Waals surface area contributed by atoms with Crippen molar-refractivity contribution >= 4 is 29.5 Å². The Morgan fingerprint density at radius 2 is 1.69 bits per heavy atom. The third-order valence-corrected chi connectivity index (χ3v) is 5.75. The van der Waals surface area contributed by atoms with Crippen LogP contribution in [-0.4, -0.2) is 30.6 Å². The largest absolute Gasteiger partial charge is 0.462 e. The van der Waals surface area contributed by atoms with Crippen molar-refractivity contribution < 1.29 is 14.5 Å². The van der Waals surface area contributed by atoms with E-state index in [9.17, 15) is 20.2 Å². The smallest absolute Gasteiger partial charge is 0.333 e. The Bertz CT molecular complexity index is 1100. The van der Waals surface area contributed by atoms with Gasteiger partial charge in [-0.2, -0.15) is 5.26 Å². The van der Waals surface area contributed by atoms with Gasteiger partial charge >= 0.3 is 5.97 Å². The third kappa shape index (κ3) is 9.38. The van der Waals surface area contributed by atoms with Gasteiger partial charge in [0, 0.05) is 30.4 Å². The standard InChI is InChI=1S/C29H35N3O4/c1-4-5-6-7-18-31(19-8-9-20-36-29(33)23(2)3)27-15-12-24(13-16-27)10-11-25-14-17-28(32(34)35)26(21-25)22-30/h10-17,21H,2,4-9,18-20H2,1,3H3. The summed E-state index contributed by atoms with van der Waals surface area (Å²) in [6, 6.07) is 14.7. The second kappa shape index (κ2) is 15.2. The van der Waals surface area contributed by atoms with Gasteiger partial charge in [0.05, 0.1) is 11.5 Å². The Kier molecular flexibility index (Phi) is 11.9. The average Bonchev–Trinajstić information content (AvgIpc) is 2.88. The highest BCUT2D eigenvalue weighted by Crippen LogP contribution is 2.22. The summed E-state index contributed by atoms with van der Waals surface area (Å²) in [7, 11) is 0. The zero-order valence-electron chi connectivity index (χ0n) is 21.2. The van der Waals surface area contributed by atoms with E-state index in [4.69, 9.17) is 4.74 Å². The fraction of sp³-hybridized carbons (Fsp3) is 0.379. The minimum Gasteiger partial charge on any atom is -0.462 e. The number of ether oxygens (including phenoxy) is 1. The molecular formula is C29H35N3O4. The van der Waals surface area contributed by atoms with Gasteiger partial charge in [0.2, 0.25) is 0 Å². The van der Waals surface area contributed by atoms with Gasteiger partial charge < -0.3 is 9.64 Å². The van der Waals surface area contributed by atoms with Crippen molar-refractivity contribution in [1.82, 2.24) is 0 Å². The van der Waals surface area contributed by atoms with E-state index in [1.807, 2.05) is 30.4 Å². The van der Waals surface area contributed by atoms with E-state index in [0.29, 0.717) is 12.2 Å². The van der Waals surface area contributed by atoms with Gasteiger partial charge in [-0.1, -0.05) is 57.0 Å². The maximum atomic E-state index is 11.5. The van der Waals surface area contributed by atoms with Crippen LogP contribution in [0, 0.1) is 21.4 Å². The number of anilines is 1. The molecule has 0 aliphatic heterocycles. The Hall–Kier alpha value is -3.92. The lowest BCUT2D eigenvalue weighted by atomic mass is 10.1. The molecule has 0 aromatic heterocycles. The number of benzene rings is 2. The predicted molar refractivity (Wildman–Crippen MR) is 145 cm³/mol. The van der Waals surface area contributed by atoms with E-state index in [1.165, 1.54) is 31.4 Å². The first kappa shape index (κ1) is 28.3. The van der Waals surface area contributed by atoms with Crippen LogP contribution in [0.2, 0.25) is 0 Å². The van der Waals surface area contributed by atoms with Gasteiger partial charge in [-0.3, -0.25) is 10.1 Å². The van der Waals surface area contributed by atoms with Crippen molar-refractivity contribution in [2.45, 2.75) is 52.4 Å². The summed E-state index contributed by atoms with van der Waals surface area (Å²) < 4.78 is 5.20. The first-order valence-electron chi connectivity index (χ1n) is 12.4. The molecule has 36 heavy (non-hydrogen) atoms. The molecule has 2 aromatic rings. The van der Waals surface area contributed by atoms with Crippen LogP contribution in [0.1, 0.15) is 69.1 Å². The molecule has 0 atom stereocenters. The average molecular weight is 490 g/mol. The number of hydrogen-bond donors (Lipinski definition) is 0. The fourth-order valence-electron chi connectivity index (χ4n) is 3.69. The van der Waals surface area contributed by atoms with Crippen LogP contribution >= 0.6 is 0 Å². The number of carbonyl (C=O) groups is 1. The quantitative estimate of drug-likeness (QED) is 0.0672. The zero-order chi connectivity index (χ0) is 26.3. The number of hydrogen-bond acceptors (Lipinski definition) is 6. The topological polar surface area (TPSA) is 96.5 Å². The van der Waals surface area contributed by atoms with Gasteiger partial charge in [0.1, 0.15) is 11.6 Å². The summed E-state index contributed by atoms with van der Waals surface area (Å²) in [5.41, 5.74) is 3.14. The number of unbranched alkanes of at least 4 members (excludes halogenated alkanes) is 4. The molecule has 0 saturated heterocycles. The SMILES string of the molecule is C=C(C)C(=O)OCCCCN(CCCCCC)c1ccc(C=Cc2ccc([N+](=O)[O-])c(C#N)c2)cc1. The molecule has 0 aliphatic carbocycles. The highest BCUT2D eigenvalue weighted by Gasteiger charge is 2.13. The van der Waals surface area contributed by atoms with Crippen LogP contribution in [0.5, 0.6) is 0 Å². The molecular weight excluding hydrogens is 454 g/mol. The Morgan fingerprint density at radius 1 is 1.06 bits per heavy atom. The number of esters is 1. The van der Waals surface area contributed by atoms with Crippen molar-refractivity contribution in [2.75, 3.05) is 24.6 Å². The second-order valence-electron chi connectivity index (χ2n) is 8.74. The van der Waals surface area contributed by atoms with Crippen LogP contribution in [0.15, 0.2) is 54.6 Å². The Labute approximate surface area is 213 Å². The van der Waals surface area contributed by atoms with Crippen molar-refractivity contribution in [3.05, 3.63) is 81.4 Å². The summed E-state index contributed by atoms with van der Waals surface area (Å²) in [5, 5.41) is 20.2. The zero-order valence-corrected chi connectivity index (χ0v) is 21.2. The number of nitro groups is 1. The number of nitriles is 1. The molecule has 2 rings (SSSR count). The predicted octanol–water partition coefficient (Wildman–Crippen LogP) is 6.92. The lowest BCUT2D eigenvalue weighted by Crippen LogP contribution is -2.26. The van der Waals surface area contributed by atoms with Crippen molar-refractivity contribution in [2.24, 2.45) is 0 Å². The summed E-state index contributed by atoms with van der Waals surface area (Å²) in [6.45, 7) is 9.70. The fourth-order valence-corrected chi connectivity index (χ4v) is 3.69. The summed E-state index contributed by atoms with van der Waals surface area (Å²) in [4.78, 5) is 24.4. The molecule has 0 unspecified atom stereocenters. The minimum atomic E-state index is -0.548. The van der Waals surface area contributed by atoms with Crippen molar-refractivity contribution in [3.8, 4) is 6.07 Å². The molecule has 0 aliphatic rings. The molecule has 0 spiro atoms. The summed E-state index contributed by atoms with van der Waals surface area (Å²) >= 11 is 0. The monoisotopic (exact) mass is 489 g/mol. The highest BCUT2D eigenvalue weighted by atomic mass is 16.6. The van der Waals surface area contributed by atoms with E-state index in [1.54, 1.807) is 13.0 Å². The molecule has 2 aromatic carbocycles. The van der Waals surface area contributed by atoms with E-state index in [2.05, 4.69) is 30.5 Å². The van der Waals surface area contributed by atoms with Crippen LogP contribution < -0.4 is 4.90 Å². The molecule has 0 radical (unpaired) electrons. The molecule has 0 fully saturated rings. The molecule has 0 saturated carbocycles. The Balaban J connectivity index is 2.01. The maximum absolute atomic E-state index is 11.5. The normalized spacial score (nSPS) is 10.7. The van der Waals surface area contributed by atoms with E-state index in [0.717, 1.165) is 49.2 Å². The summed E-state index contributed by atoms with van der Waals surface area (Å²) in [5.74, 6) is -0.340. The lowest BCUT2D eigenvalue weighted by molar-refractivity contribution is -0.385. The second-order valence-corrected chi connectivity index (χ2v) is 8.74. The van der Waals surface area contributed by atoms with Crippen molar-refractivity contribution in [1.29, 1.82) is 5.26 Å².